The number of benzene rings is 1. The highest BCUT2D eigenvalue weighted by Gasteiger charge is 2.16. The van der Waals surface area contributed by atoms with E-state index in [9.17, 15) is 8.78 Å². The van der Waals surface area contributed by atoms with Crippen LogP contribution in [0.4, 0.5) is 8.78 Å². The Morgan fingerprint density at radius 3 is 2.67 bits per heavy atom. The van der Waals surface area contributed by atoms with Crippen molar-refractivity contribution in [2.24, 2.45) is 0 Å². The molecule has 0 saturated heterocycles. The van der Waals surface area contributed by atoms with E-state index < -0.39 is 11.6 Å². The van der Waals surface area contributed by atoms with E-state index >= 15 is 0 Å². The number of imidazole rings is 1. The molecule has 0 saturated carbocycles. The minimum Gasteiger partial charge on any atom is -0.347 e. The van der Waals surface area contributed by atoms with Crippen LogP contribution < -0.4 is 5.32 Å². The predicted octanol–water partition coefficient (Wildman–Crippen LogP) is 3.10. The lowest BCUT2D eigenvalue weighted by molar-refractivity contribution is 0.458. The fourth-order valence-electron chi connectivity index (χ4n) is 1.90. The summed E-state index contributed by atoms with van der Waals surface area (Å²) in [7, 11) is 0. The van der Waals surface area contributed by atoms with Gasteiger partial charge >= 0.3 is 0 Å². The smallest absolute Gasteiger partial charge is 0.128 e. The van der Waals surface area contributed by atoms with Crippen molar-refractivity contribution in [1.82, 2.24) is 15.3 Å². The summed E-state index contributed by atoms with van der Waals surface area (Å²) in [6.07, 6.45) is 3.38. The van der Waals surface area contributed by atoms with Crippen LogP contribution in [-0.4, -0.2) is 9.97 Å². The minimum atomic E-state index is -0.439. The van der Waals surface area contributed by atoms with Crippen molar-refractivity contribution >= 4 is 0 Å². The highest BCUT2D eigenvalue weighted by molar-refractivity contribution is 5.22. The third-order valence-electron chi connectivity index (χ3n) is 2.85. The summed E-state index contributed by atoms with van der Waals surface area (Å²) in [6.45, 7) is 3.70. The van der Waals surface area contributed by atoms with E-state index in [0.29, 0.717) is 5.56 Å². The van der Waals surface area contributed by atoms with Crippen LogP contribution in [0, 0.1) is 11.6 Å². The van der Waals surface area contributed by atoms with Crippen LogP contribution in [0.25, 0.3) is 0 Å². The summed E-state index contributed by atoms with van der Waals surface area (Å²) < 4.78 is 26.7. The van der Waals surface area contributed by atoms with Crippen LogP contribution in [0.5, 0.6) is 0 Å². The van der Waals surface area contributed by atoms with Gasteiger partial charge in [0, 0.05) is 24.0 Å². The SMILES string of the molecule is CC(NC(C)c1cc(F)ccc1F)c1ncc[nH]1. The van der Waals surface area contributed by atoms with Crippen molar-refractivity contribution in [3.8, 4) is 0 Å². The molecular weight excluding hydrogens is 236 g/mol. The van der Waals surface area contributed by atoms with E-state index in [1.807, 2.05) is 6.92 Å². The van der Waals surface area contributed by atoms with Crippen LogP contribution in [0.1, 0.15) is 37.3 Å². The van der Waals surface area contributed by atoms with Crippen molar-refractivity contribution in [3.63, 3.8) is 0 Å². The molecule has 0 bridgehead atoms. The van der Waals surface area contributed by atoms with Crippen LogP contribution in [0.15, 0.2) is 30.6 Å². The van der Waals surface area contributed by atoms with Gasteiger partial charge in [-0.1, -0.05) is 0 Å². The van der Waals surface area contributed by atoms with Crippen molar-refractivity contribution < 1.29 is 8.78 Å². The molecule has 1 aromatic carbocycles. The van der Waals surface area contributed by atoms with Gasteiger partial charge in [0.2, 0.25) is 0 Å². The van der Waals surface area contributed by atoms with Gasteiger partial charge < -0.3 is 10.3 Å². The van der Waals surface area contributed by atoms with Gasteiger partial charge in [-0.15, -0.1) is 0 Å². The molecule has 3 nitrogen and oxygen atoms in total. The Morgan fingerprint density at radius 2 is 2.00 bits per heavy atom. The first-order chi connectivity index (χ1) is 8.58. The molecule has 18 heavy (non-hydrogen) atoms. The molecule has 0 aliphatic rings. The second-order valence-corrected chi connectivity index (χ2v) is 4.25. The normalized spacial score (nSPS) is 14.4. The van der Waals surface area contributed by atoms with E-state index in [1.165, 1.54) is 6.07 Å². The van der Waals surface area contributed by atoms with Gasteiger partial charge in [0.15, 0.2) is 0 Å². The molecule has 5 heteroatoms. The largest absolute Gasteiger partial charge is 0.347 e. The first-order valence-corrected chi connectivity index (χ1v) is 5.78. The Bertz CT molecular complexity index is 511. The number of aromatic amines is 1. The van der Waals surface area contributed by atoms with E-state index in [2.05, 4.69) is 15.3 Å². The fraction of sp³-hybridized carbons (Fsp3) is 0.308. The Hall–Kier alpha value is -1.75. The van der Waals surface area contributed by atoms with Crippen molar-refractivity contribution in [3.05, 3.63) is 53.6 Å². The summed E-state index contributed by atoms with van der Waals surface area (Å²) in [6, 6.07) is 3.09. The number of nitrogens with one attached hydrogen (secondary N) is 2. The lowest BCUT2D eigenvalue weighted by Crippen LogP contribution is -2.24. The molecule has 0 fully saturated rings. The standard InChI is InChI=1S/C13H15F2N3/c1-8(11-7-10(14)3-4-12(11)15)18-9(2)13-16-5-6-17-13/h3-9,18H,1-2H3,(H,16,17). The van der Waals surface area contributed by atoms with Crippen LogP contribution >= 0.6 is 0 Å². The average Bonchev–Trinajstić information content (AvgIpc) is 2.85. The molecule has 1 heterocycles. The van der Waals surface area contributed by atoms with Crippen molar-refractivity contribution in [1.29, 1.82) is 0 Å². The summed E-state index contributed by atoms with van der Waals surface area (Å²) in [4.78, 5) is 7.10. The number of hydrogen-bond donors (Lipinski definition) is 2. The fourth-order valence-corrected chi connectivity index (χ4v) is 1.90. The quantitative estimate of drug-likeness (QED) is 0.876. The summed E-state index contributed by atoms with van der Waals surface area (Å²) >= 11 is 0. The second kappa shape index (κ2) is 5.27. The molecule has 0 radical (unpaired) electrons. The molecule has 2 rings (SSSR count). The average molecular weight is 251 g/mol. The third-order valence-corrected chi connectivity index (χ3v) is 2.85. The zero-order chi connectivity index (χ0) is 13.1. The summed E-state index contributed by atoms with van der Waals surface area (Å²) in [5, 5.41) is 3.17. The molecular formula is C13H15F2N3. The molecule has 0 aliphatic carbocycles. The lowest BCUT2D eigenvalue weighted by Gasteiger charge is -2.19. The maximum Gasteiger partial charge on any atom is 0.128 e. The summed E-state index contributed by atoms with van der Waals surface area (Å²) in [5.41, 5.74) is 0.313. The molecule has 2 atom stereocenters. The maximum atomic E-state index is 13.6. The number of H-pyrrole nitrogens is 1. The van der Waals surface area contributed by atoms with Crippen LogP contribution in [0.2, 0.25) is 0 Å². The van der Waals surface area contributed by atoms with Gasteiger partial charge in [-0.05, 0) is 32.0 Å². The van der Waals surface area contributed by atoms with E-state index in [-0.39, 0.29) is 12.1 Å². The number of hydrogen-bond acceptors (Lipinski definition) is 2. The van der Waals surface area contributed by atoms with Crippen LogP contribution in [0.3, 0.4) is 0 Å². The molecule has 2 unspecified atom stereocenters. The molecule has 1 aromatic heterocycles. The highest BCUT2D eigenvalue weighted by Crippen LogP contribution is 2.20. The second-order valence-electron chi connectivity index (χ2n) is 4.25. The van der Waals surface area contributed by atoms with Gasteiger partial charge in [0.1, 0.15) is 17.5 Å². The topological polar surface area (TPSA) is 40.7 Å². The van der Waals surface area contributed by atoms with E-state index in [0.717, 1.165) is 18.0 Å². The Morgan fingerprint density at radius 1 is 1.22 bits per heavy atom. The Kier molecular flexibility index (Phi) is 3.72. The summed E-state index contributed by atoms with van der Waals surface area (Å²) in [5.74, 6) is -0.0904. The zero-order valence-electron chi connectivity index (χ0n) is 10.2. The number of rotatable bonds is 4. The molecule has 0 spiro atoms. The maximum absolute atomic E-state index is 13.6. The van der Waals surface area contributed by atoms with Crippen molar-refractivity contribution in [2.45, 2.75) is 25.9 Å². The Balaban J connectivity index is 2.12. The zero-order valence-corrected chi connectivity index (χ0v) is 10.2. The van der Waals surface area contributed by atoms with Gasteiger partial charge in [-0.3, -0.25) is 0 Å². The molecule has 0 aliphatic heterocycles. The highest BCUT2D eigenvalue weighted by atomic mass is 19.1. The monoisotopic (exact) mass is 251 g/mol. The molecule has 2 aromatic rings. The molecule has 96 valence electrons. The first-order valence-electron chi connectivity index (χ1n) is 5.78. The van der Waals surface area contributed by atoms with E-state index in [1.54, 1.807) is 19.3 Å². The number of aromatic nitrogens is 2. The molecule has 2 N–H and O–H groups in total. The van der Waals surface area contributed by atoms with Gasteiger partial charge in [0.25, 0.3) is 0 Å². The van der Waals surface area contributed by atoms with Gasteiger partial charge in [-0.2, -0.15) is 0 Å². The predicted molar refractivity (Wildman–Crippen MR) is 64.9 cm³/mol. The van der Waals surface area contributed by atoms with E-state index in [4.69, 9.17) is 0 Å². The number of halogens is 2. The van der Waals surface area contributed by atoms with Gasteiger partial charge in [-0.25, -0.2) is 13.8 Å². The first kappa shape index (κ1) is 12.7. The van der Waals surface area contributed by atoms with Crippen LogP contribution in [-0.2, 0) is 0 Å². The minimum absolute atomic E-state index is 0.0716. The lowest BCUT2D eigenvalue weighted by atomic mass is 10.1. The Labute approximate surface area is 104 Å². The van der Waals surface area contributed by atoms with Crippen molar-refractivity contribution in [2.75, 3.05) is 0 Å². The van der Waals surface area contributed by atoms with Gasteiger partial charge in [0.05, 0.1) is 6.04 Å². The third kappa shape index (κ3) is 2.73. The number of nitrogens with zero attached hydrogens (tertiary/aromatic N) is 1. The molecule has 0 amide bonds.